The zero-order chi connectivity index (χ0) is 16.2. The highest BCUT2D eigenvalue weighted by Gasteiger charge is 2.15. The highest BCUT2D eigenvalue weighted by atomic mass is 32.2. The second-order valence-corrected chi connectivity index (χ2v) is 7.18. The zero-order valence-corrected chi connectivity index (χ0v) is 13.7. The monoisotopic (exact) mass is 320 g/mol. The summed E-state index contributed by atoms with van der Waals surface area (Å²) in [6.45, 7) is 6.80. The van der Waals surface area contributed by atoms with E-state index >= 15 is 0 Å². The molecule has 118 valence electrons. The number of hydrogen-bond acceptors (Lipinski definition) is 5. The van der Waals surface area contributed by atoms with E-state index in [1.54, 1.807) is 30.3 Å². The molecule has 7 heteroatoms. The molecule has 1 aromatic carbocycles. The van der Waals surface area contributed by atoms with Crippen LogP contribution in [0.1, 0.15) is 19.4 Å². The summed E-state index contributed by atoms with van der Waals surface area (Å²) < 4.78 is 26.9. The molecule has 0 saturated carbocycles. The molecule has 1 aromatic heterocycles. The third-order valence-corrected chi connectivity index (χ3v) is 4.25. The van der Waals surface area contributed by atoms with Crippen molar-refractivity contribution >= 4 is 21.7 Å². The van der Waals surface area contributed by atoms with Crippen molar-refractivity contribution in [1.82, 2.24) is 10.2 Å². The van der Waals surface area contributed by atoms with Crippen LogP contribution in [0.5, 0.6) is 0 Å². The maximum atomic E-state index is 12.3. The van der Waals surface area contributed by atoms with E-state index in [4.69, 9.17) is 0 Å². The maximum Gasteiger partial charge on any atom is 0.263 e. The molecule has 0 bridgehead atoms. The van der Waals surface area contributed by atoms with Crippen molar-refractivity contribution < 1.29 is 8.42 Å². The van der Waals surface area contributed by atoms with E-state index in [-0.39, 0.29) is 10.7 Å². The van der Waals surface area contributed by atoms with Crippen LogP contribution in [0.25, 0.3) is 0 Å². The molecule has 0 spiro atoms. The van der Waals surface area contributed by atoms with Crippen molar-refractivity contribution in [2.45, 2.75) is 25.7 Å². The lowest BCUT2D eigenvalue weighted by Crippen LogP contribution is -2.15. The fraction of sp³-hybridized carbons (Fsp3) is 0.333. The Hall–Kier alpha value is -2.15. The number of sulfonamides is 1. The number of benzene rings is 1. The number of aromatic nitrogens is 2. The van der Waals surface area contributed by atoms with Gasteiger partial charge in [0.2, 0.25) is 0 Å². The van der Waals surface area contributed by atoms with Gasteiger partial charge < -0.3 is 5.32 Å². The fourth-order valence-corrected chi connectivity index (χ4v) is 2.87. The number of hydrogen-bond donors (Lipinski definition) is 2. The molecule has 22 heavy (non-hydrogen) atoms. The fourth-order valence-electron chi connectivity index (χ4n) is 1.77. The number of aryl methyl sites for hydroxylation is 1. The summed E-state index contributed by atoms with van der Waals surface area (Å²) in [6.07, 6.45) is 0. The Morgan fingerprint density at radius 1 is 1.09 bits per heavy atom. The molecular weight excluding hydrogens is 300 g/mol. The van der Waals surface area contributed by atoms with Gasteiger partial charge in [0.05, 0.1) is 4.90 Å². The summed E-state index contributed by atoms with van der Waals surface area (Å²) in [6, 6.07) is 9.98. The van der Waals surface area contributed by atoms with Crippen LogP contribution in [-0.4, -0.2) is 25.2 Å². The predicted octanol–water partition coefficient (Wildman–Crippen LogP) is 2.65. The largest absolute Gasteiger partial charge is 0.368 e. The summed E-state index contributed by atoms with van der Waals surface area (Å²) in [5.41, 5.74) is 0.877. The molecule has 1 heterocycles. The van der Waals surface area contributed by atoms with Crippen LogP contribution in [0.15, 0.2) is 41.3 Å². The summed E-state index contributed by atoms with van der Waals surface area (Å²) in [5, 5.41) is 11.0. The topological polar surface area (TPSA) is 84.0 Å². The maximum absolute atomic E-state index is 12.3. The minimum atomic E-state index is -3.65. The number of nitrogens with zero attached hydrogens (tertiary/aromatic N) is 2. The van der Waals surface area contributed by atoms with Crippen molar-refractivity contribution in [3.63, 3.8) is 0 Å². The highest BCUT2D eigenvalue weighted by Crippen LogP contribution is 2.15. The van der Waals surface area contributed by atoms with E-state index in [1.165, 1.54) is 0 Å². The summed E-state index contributed by atoms with van der Waals surface area (Å²) >= 11 is 0. The molecule has 0 fully saturated rings. The van der Waals surface area contributed by atoms with Crippen LogP contribution < -0.4 is 10.0 Å². The van der Waals surface area contributed by atoms with Gasteiger partial charge >= 0.3 is 0 Å². The molecule has 0 unspecified atom stereocenters. The Labute approximate surface area is 131 Å². The first-order valence-corrected chi connectivity index (χ1v) is 8.52. The average Bonchev–Trinajstić information content (AvgIpc) is 2.46. The van der Waals surface area contributed by atoms with Gasteiger partial charge in [0.1, 0.15) is 5.82 Å². The zero-order valence-electron chi connectivity index (χ0n) is 12.9. The summed E-state index contributed by atoms with van der Waals surface area (Å²) in [5.74, 6) is 1.30. The molecule has 2 N–H and O–H groups in total. The van der Waals surface area contributed by atoms with Crippen LogP contribution >= 0.6 is 0 Å². The van der Waals surface area contributed by atoms with Gasteiger partial charge in [0, 0.05) is 6.54 Å². The van der Waals surface area contributed by atoms with Gasteiger partial charge in [-0.15, -0.1) is 10.2 Å². The Morgan fingerprint density at radius 2 is 1.77 bits per heavy atom. The second-order valence-electron chi connectivity index (χ2n) is 5.50. The SMILES string of the molecule is Cc1cccc(S(=O)(=O)Nc2ccc(NCC(C)C)nn2)c1. The molecule has 0 amide bonds. The smallest absolute Gasteiger partial charge is 0.263 e. The Balaban J connectivity index is 2.10. The molecule has 2 aromatic rings. The molecule has 2 rings (SSSR count). The van der Waals surface area contributed by atoms with E-state index in [1.807, 2.05) is 13.0 Å². The van der Waals surface area contributed by atoms with Crippen molar-refractivity contribution in [2.75, 3.05) is 16.6 Å². The quantitative estimate of drug-likeness (QED) is 0.855. The standard InChI is InChI=1S/C15H20N4O2S/c1-11(2)10-16-14-7-8-15(18-17-14)19-22(20,21)13-6-4-5-12(3)9-13/h4-9,11H,10H2,1-3H3,(H,16,17)(H,18,19). The normalized spacial score (nSPS) is 11.5. The molecular formula is C15H20N4O2S. The van der Waals surface area contributed by atoms with Crippen LogP contribution in [-0.2, 0) is 10.0 Å². The van der Waals surface area contributed by atoms with Crippen LogP contribution in [0.3, 0.4) is 0 Å². The molecule has 0 aliphatic rings. The summed E-state index contributed by atoms with van der Waals surface area (Å²) in [4.78, 5) is 0.205. The third-order valence-electron chi connectivity index (χ3n) is 2.89. The van der Waals surface area contributed by atoms with E-state index < -0.39 is 10.0 Å². The van der Waals surface area contributed by atoms with Crippen LogP contribution in [0.4, 0.5) is 11.6 Å². The van der Waals surface area contributed by atoms with Gasteiger partial charge in [-0.25, -0.2) is 8.42 Å². The van der Waals surface area contributed by atoms with Gasteiger partial charge in [-0.1, -0.05) is 26.0 Å². The lowest BCUT2D eigenvalue weighted by molar-refractivity contribution is 0.601. The van der Waals surface area contributed by atoms with Gasteiger partial charge in [-0.05, 0) is 42.7 Å². The Morgan fingerprint density at radius 3 is 2.36 bits per heavy atom. The average molecular weight is 320 g/mol. The van der Waals surface area contributed by atoms with Crippen LogP contribution in [0, 0.1) is 12.8 Å². The summed E-state index contributed by atoms with van der Waals surface area (Å²) in [7, 11) is -3.65. The van der Waals surface area contributed by atoms with E-state index in [0.29, 0.717) is 11.7 Å². The van der Waals surface area contributed by atoms with Crippen molar-refractivity contribution in [3.05, 3.63) is 42.0 Å². The highest BCUT2D eigenvalue weighted by molar-refractivity contribution is 7.92. The second kappa shape index (κ2) is 6.74. The molecule has 0 aliphatic carbocycles. The first-order chi connectivity index (χ1) is 10.4. The van der Waals surface area contributed by atoms with E-state index in [0.717, 1.165) is 12.1 Å². The van der Waals surface area contributed by atoms with Crippen molar-refractivity contribution in [2.24, 2.45) is 5.92 Å². The van der Waals surface area contributed by atoms with Gasteiger partial charge in [0.15, 0.2) is 5.82 Å². The third kappa shape index (κ3) is 4.42. The first kappa shape index (κ1) is 16.2. The number of rotatable bonds is 6. The first-order valence-electron chi connectivity index (χ1n) is 7.04. The van der Waals surface area contributed by atoms with E-state index in [2.05, 4.69) is 34.1 Å². The molecule has 0 radical (unpaired) electrons. The Bertz CT molecular complexity index is 727. The Kier molecular flexibility index (Phi) is 4.97. The molecule has 6 nitrogen and oxygen atoms in total. The lowest BCUT2D eigenvalue weighted by atomic mass is 10.2. The van der Waals surface area contributed by atoms with Gasteiger partial charge in [0.25, 0.3) is 10.0 Å². The van der Waals surface area contributed by atoms with Gasteiger partial charge in [-0.2, -0.15) is 0 Å². The molecule has 0 atom stereocenters. The lowest BCUT2D eigenvalue weighted by Gasteiger charge is -2.09. The number of nitrogens with one attached hydrogen (secondary N) is 2. The van der Waals surface area contributed by atoms with Crippen molar-refractivity contribution in [1.29, 1.82) is 0 Å². The molecule has 0 aliphatic heterocycles. The van der Waals surface area contributed by atoms with Gasteiger partial charge in [-0.3, -0.25) is 4.72 Å². The van der Waals surface area contributed by atoms with Crippen LogP contribution in [0.2, 0.25) is 0 Å². The van der Waals surface area contributed by atoms with E-state index in [9.17, 15) is 8.42 Å². The molecule has 0 saturated heterocycles. The van der Waals surface area contributed by atoms with Crippen molar-refractivity contribution in [3.8, 4) is 0 Å². The predicted molar refractivity (Wildman–Crippen MR) is 87.3 cm³/mol. The number of anilines is 2. The minimum absolute atomic E-state index is 0.191. The minimum Gasteiger partial charge on any atom is -0.368 e.